The summed E-state index contributed by atoms with van der Waals surface area (Å²) < 4.78 is 54.6. The van der Waals surface area contributed by atoms with Gasteiger partial charge in [-0.15, -0.1) is 0 Å². The number of hydrogen-bond donors (Lipinski definition) is 2. The van der Waals surface area contributed by atoms with Crippen LogP contribution in [0.25, 0.3) is 21.5 Å². The molecule has 0 radical (unpaired) electrons. The van der Waals surface area contributed by atoms with Crippen molar-refractivity contribution in [1.29, 1.82) is 0 Å². The van der Waals surface area contributed by atoms with Gasteiger partial charge in [-0.3, -0.25) is 0 Å². The largest absolute Gasteiger partial charge is 0.370 e. The fraction of sp³-hybridized carbons (Fsp3) is 0.179. The number of halogens is 4. The van der Waals surface area contributed by atoms with Crippen molar-refractivity contribution in [3.05, 3.63) is 215 Å². The van der Waals surface area contributed by atoms with E-state index in [1.165, 1.54) is 70.4 Å². The summed E-state index contributed by atoms with van der Waals surface area (Å²) in [5, 5.41) is 12.3. The van der Waals surface area contributed by atoms with Crippen LogP contribution in [-0.4, -0.2) is 27.6 Å². The van der Waals surface area contributed by atoms with E-state index in [-0.39, 0.29) is 23.3 Å². The van der Waals surface area contributed by atoms with Gasteiger partial charge in [0, 0.05) is 38.6 Å². The second-order valence-corrected chi connectivity index (χ2v) is 30.8. The molecule has 0 bridgehead atoms. The average molecular weight is 913 g/mol. The Morgan fingerprint density at radius 2 is 0.697 bits per heavy atom. The predicted octanol–water partition coefficient (Wildman–Crippen LogP) is 15.8. The summed E-state index contributed by atoms with van der Waals surface area (Å²) in [7, 11) is -3.32. The first-order valence-electron chi connectivity index (χ1n) is 22.3. The maximum atomic E-state index is 13.7. The number of aliphatic imine (C=N–C) groups is 2. The molecule has 0 spiro atoms. The minimum atomic E-state index is -1.66. The summed E-state index contributed by atoms with van der Waals surface area (Å²) in [6.07, 6.45) is 0. The van der Waals surface area contributed by atoms with Gasteiger partial charge in [-0.2, -0.15) is 0 Å². The average Bonchev–Trinajstić information content (AvgIpc) is 3.66. The summed E-state index contributed by atoms with van der Waals surface area (Å²) in [6, 6.07) is 52.8. The first-order valence-corrected chi connectivity index (χ1v) is 29.7. The zero-order chi connectivity index (χ0) is 46.4. The molecule has 0 fully saturated rings. The second kappa shape index (κ2) is 17.3. The van der Waals surface area contributed by atoms with Crippen molar-refractivity contribution in [2.45, 2.75) is 62.4 Å². The molecule has 2 atom stereocenters. The first-order chi connectivity index (χ1) is 31.5. The Labute approximate surface area is 386 Å². The SMILES string of the molecule is C[Si](C)(C)C[C@@]1(Nc2ccc(F)cc2)C(=Nc2ccc(F)cc2)c2cccc3cccc1c23.C[Si](C)(C)C[C@]1(Nc2ccc(F)cc2)C(=Nc2ccc(F)cc2)c2cccc3cccc1c23. The molecule has 0 aromatic heterocycles. The molecule has 2 aliphatic rings. The van der Waals surface area contributed by atoms with Crippen molar-refractivity contribution < 1.29 is 17.6 Å². The van der Waals surface area contributed by atoms with Crippen LogP contribution in [0, 0.1) is 23.3 Å². The zero-order valence-corrected chi connectivity index (χ0v) is 40.0. The van der Waals surface area contributed by atoms with E-state index in [1.54, 1.807) is 48.5 Å². The number of anilines is 2. The monoisotopic (exact) mass is 912 g/mol. The lowest BCUT2D eigenvalue weighted by Gasteiger charge is -2.38. The summed E-state index contributed by atoms with van der Waals surface area (Å²) in [6.45, 7) is 14.1. The third kappa shape index (κ3) is 8.87. The quantitative estimate of drug-likeness (QED) is 0.106. The molecule has 0 unspecified atom stereocenters. The summed E-state index contributed by atoms with van der Waals surface area (Å²) in [5.41, 5.74) is 8.30. The van der Waals surface area contributed by atoms with Crippen LogP contribution in [-0.2, 0) is 11.1 Å². The Morgan fingerprint density at radius 1 is 0.394 bits per heavy atom. The van der Waals surface area contributed by atoms with Crippen LogP contribution in [0.15, 0.2) is 180 Å². The molecule has 8 aromatic rings. The lowest BCUT2D eigenvalue weighted by molar-refractivity contribution is 0.627. The molecule has 0 saturated carbocycles. The van der Waals surface area contributed by atoms with Crippen molar-refractivity contribution in [3.63, 3.8) is 0 Å². The van der Waals surface area contributed by atoms with Crippen molar-refractivity contribution in [2.24, 2.45) is 9.98 Å². The highest BCUT2D eigenvalue weighted by Gasteiger charge is 2.49. The third-order valence-electron chi connectivity index (χ3n) is 12.2. The van der Waals surface area contributed by atoms with E-state index in [0.717, 1.165) is 56.8 Å². The van der Waals surface area contributed by atoms with Crippen molar-refractivity contribution in [3.8, 4) is 0 Å². The highest BCUT2D eigenvalue weighted by atomic mass is 28.3. The van der Waals surface area contributed by atoms with E-state index < -0.39 is 27.2 Å². The van der Waals surface area contributed by atoms with Gasteiger partial charge in [-0.25, -0.2) is 27.5 Å². The molecule has 10 rings (SSSR count). The number of nitrogens with zero attached hydrogens (tertiary/aromatic N) is 2. The molecular weight excluding hydrogens is 861 g/mol. The van der Waals surface area contributed by atoms with E-state index in [9.17, 15) is 17.6 Å². The van der Waals surface area contributed by atoms with Gasteiger partial charge in [0.05, 0.1) is 22.8 Å². The molecule has 10 heteroatoms. The molecule has 0 aliphatic heterocycles. The van der Waals surface area contributed by atoms with E-state index in [1.807, 2.05) is 0 Å². The van der Waals surface area contributed by atoms with Crippen LogP contribution in [0.5, 0.6) is 0 Å². The number of hydrogen-bond acceptors (Lipinski definition) is 4. The smallest absolute Gasteiger partial charge is 0.123 e. The lowest BCUT2D eigenvalue weighted by Crippen LogP contribution is -2.46. The van der Waals surface area contributed by atoms with Crippen molar-refractivity contribution in [2.75, 3.05) is 10.6 Å². The summed E-state index contributed by atoms with van der Waals surface area (Å²) in [4.78, 5) is 10.3. The van der Waals surface area contributed by atoms with E-state index >= 15 is 0 Å². The summed E-state index contributed by atoms with van der Waals surface area (Å²) in [5.74, 6) is -1.10. The standard InChI is InChI=1S/2C28H26F2N2Si/c2*1-33(2,3)18-28(32-23-16-12-21(30)13-17-23)25-9-5-7-19-6-4-8-24(26(19)25)27(28)31-22-14-10-20(29)11-15-22/h2*4-17,32H,18H2,1-3H3/t2*28-/m10/s1. The van der Waals surface area contributed by atoms with Crippen LogP contribution in [0.4, 0.5) is 40.3 Å². The van der Waals surface area contributed by atoms with Gasteiger partial charge < -0.3 is 10.6 Å². The molecule has 0 amide bonds. The first kappa shape index (κ1) is 44.6. The van der Waals surface area contributed by atoms with Crippen LogP contribution >= 0.6 is 0 Å². The number of nitrogens with one attached hydrogen (secondary N) is 2. The molecule has 4 nitrogen and oxygen atoms in total. The minimum absolute atomic E-state index is 0.267. The highest BCUT2D eigenvalue weighted by molar-refractivity contribution is 6.77. The Morgan fingerprint density at radius 3 is 1.02 bits per heavy atom. The van der Waals surface area contributed by atoms with E-state index in [0.29, 0.717) is 11.4 Å². The van der Waals surface area contributed by atoms with Crippen LogP contribution in [0.3, 0.4) is 0 Å². The minimum Gasteiger partial charge on any atom is -0.370 e. The van der Waals surface area contributed by atoms with E-state index in [2.05, 4.69) is 123 Å². The Hall–Kier alpha value is -6.63. The van der Waals surface area contributed by atoms with Crippen LogP contribution in [0.2, 0.25) is 51.4 Å². The van der Waals surface area contributed by atoms with Gasteiger partial charge in [0.15, 0.2) is 0 Å². The van der Waals surface area contributed by atoms with Crippen LogP contribution < -0.4 is 10.6 Å². The fourth-order valence-corrected chi connectivity index (χ4v) is 14.0. The Kier molecular flexibility index (Phi) is 11.7. The van der Waals surface area contributed by atoms with Gasteiger partial charge in [-0.1, -0.05) is 112 Å². The molecule has 0 heterocycles. The van der Waals surface area contributed by atoms with Crippen molar-refractivity contribution >= 4 is 71.9 Å². The maximum Gasteiger partial charge on any atom is 0.123 e. The van der Waals surface area contributed by atoms with Gasteiger partial charge in [0.2, 0.25) is 0 Å². The highest BCUT2D eigenvalue weighted by Crippen LogP contribution is 2.50. The molecular formula is C56H52F4N4Si2. The van der Waals surface area contributed by atoms with Crippen molar-refractivity contribution in [1.82, 2.24) is 0 Å². The molecule has 66 heavy (non-hydrogen) atoms. The molecule has 2 aliphatic carbocycles. The normalized spacial score (nSPS) is 18.8. The molecule has 332 valence electrons. The fourth-order valence-electron chi connectivity index (χ4n) is 9.95. The molecule has 0 saturated heterocycles. The predicted molar refractivity (Wildman–Crippen MR) is 273 cm³/mol. The lowest BCUT2D eigenvalue weighted by atomic mass is 9.90. The zero-order valence-electron chi connectivity index (χ0n) is 38.0. The number of rotatable bonds is 10. The molecule has 8 aromatic carbocycles. The molecule has 2 N–H and O–H groups in total. The second-order valence-electron chi connectivity index (χ2n) is 19.8. The van der Waals surface area contributed by atoms with Gasteiger partial charge in [0.25, 0.3) is 0 Å². The summed E-state index contributed by atoms with van der Waals surface area (Å²) >= 11 is 0. The Balaban J connectivity index is 0.000000166. The van der Waals surface area contributed by atoms with Gasteiger partial charge in [-0.05, 0) is 142 Å². The third-order valence-corrected chi connectivity index (χ3v) is 15.4. The topological polar surface area (TPSA) is 48.8 Å². The van der Waals surface area contributed by atoms with Gasteiger partial charge >= 0.3 is 0 Å². The van der Waals surface area contributed by atoms with E-state index in [4.69, 9.17) is 9.98 Å². The Bertz CT molecular complexity index is 2920. The maximum absolute atomic E-state index is 13.7. The van der Waals surface area contributed by atoms with Crippen LogP contribution in [0.1, 0.15) is 22.3 Å². The van der Waals surface area contributed by atoms with Gasteiger partial charge in [0.1, 0.15) is 34.3 Å². The number of benzene rings is 8.